The highest BCUT2D eigenvalue weighted by Gasteiger charge is 2.12. The quantitative estimate of drug-likeness (QED) is 0.757. The van der Waals surface area contributed by atoms with Crippen LogP contribution in [0.25, 0.3) is 0 Å². The van der Waals surface area contributed by atoms with Crippen LogP contribution in [0.5, 0.6) is 0 Å². The Kier molecular flexibility index (Phi) is 2.86. The molecule has 1 heterocycles. The molecule has 3 nitrogen and oxygen atoms in total. The molecule has 1 unspecified atom stereocenters. The Balaban J connectivity index is 3.20. The average Bonchev–Trinajstić information content (AvgIpc) is 2.02. The van der Waals surface area contributed by atoms with Crippen LogP contribution in [0.1, 0.15) is 43.1 Å². The first kappa shape index (κ1) is 9.96. The molecule has 1 atom stereocenters. The Hall–Kier alpha value is -1.12. The lowest BCUT2D eigenvalue weighted by Gasteiger charge is -2.14. The number of nitrogens with zero attached hydrogens (tertiary/aromatic N) is 2. The molecular weight excluding hydrogens is 162 g/mol. The number of nitrogen functional groups attached to an aromatic ring is 1. The zero-order valence-corrected chi connectivity index (χ0v) is 8.76. The third-order valence-electron chi connectivity index (χ3n) is 2.45. The number of rotatable bonds is 2. The van der Waals surface area contributed by atoms with E-state index in [9.17, 15) is 0 Å². The molecule has 0 aromatic carbocycles. The van der Waals surface area contributed by atoms with Crippen LogP contribution < -0.4 is 5.73 Å². The van der Waals surface area contributed by atoms with Gasteiger partial charge in [-0.3, -0.25) is 0 Å². The van der Waals surface area contributed by atoms with E-state index in [1.165, 1.54) is 5.56 Å². The van der Waals surface area contributed by atoms with Gasteiger partial charge in [0.1, 0.15) is 0 Å². The van der Waals surface area contributed by atoms with E-state index < -0.39 is 0 Å². The second kappa shape index (κ2) is 3.73. The van der Waals surface area contributed by atoms with Gasteiger partial charge in [0.25, 0.3) is 0 Å². The molecule has 72 valence electrons. The fraction of sp³-hybridized carbons (Fsp3) is 0.600. The molecule has 1 aromatic heterocycles. The normalized spacial score (nSPS) is 12.9. The van der Waals surface area contributed by atoms with Crippen LogP contribution in [-0.4, -0.2) is 9.97 Å². The zero-order valence-electron chi connectivity index (χ0n) is 8.76. The van der Waals surface area contributed by atoms with E-state index in [0.29, 0.717) is 11.9 Å². The summed E-state index contributed by atoms with van der Waals surface area (Å²) >= 11 is 0. The Morgan fingerprint density at radius 1 is 1.23 bits per heavy atom. The van der Waals surface area contributed by atoms with Crippen molar-refractivity contribution in [1.82, 2.24) is 9.97 Å². The fourth-order valence-corrected chi connectivity index (χ4v) is 1.67. The average molecular weight is 179 g/mol. The van der Waals surface area contributed by atoms with Crippen molar-refractivity contribution in [1.29, 1.82) is 0 Å². The first-order valence-electron chi connectivity index (χ1n) is 4.66. The molecular formula is C10H17N3. The fourth-order valence-electron chi connectivity index (χ4n) is 1.67. The minimum Gasteiger partial charge on any atom is -0.368 e. The third-order valence-corrected chi connectivity index (χ3v) is 2.45. The summed E-state index contributed by atoms with van der Waals surface area (Å²) < 4.78 is 0. The summed E-state index contributed by atoms with van der Waals surface area (Å²) in [4.78, 5) is 8.34. The van der Waals surface area contributed by atoms with Gasteiger partial charge in [0.15, 0.2) is 0 Å². The lowest BCUT2D eigenvalue weighted by Crippen LogP contribution is -2.07. The van der Waals surface area contributed by atoms with Crippen molar-refractivity contribution < 1.29 is 0 Å². The van der Waals surface area contributed by atoms with Crippen LogP contribution in [-0.2, 0) is 0 Å². The van der Waals surface area contributed by atoms with Crippen molar-refractivity contribution in [2.75, 3.05) is 5.73 Å². The molecule has 0 radical (unpaired) electrons. The van der Waals surface area contributed by atoms with E-state index in [1.54, 1.807) is 0 Å². The molecule has 13 heavy (non-hydrogen) atoms. The molecule has 0 aliphatic rings. The summed E-state index contributed by atoms with van der Waals surface area (Å²) in [6, 6.07) is 0. The highest BCUT2D eigenvalue weighted by Crippen LogP contribution is 2.23. The van der Waals surface area contributed by atoms with E-state index in [-0.39, 0.29) is 0 Å². The zero-order chi connectivity index (χ0) is 10.0. The molecule has 0 bridgehead atoms. The summed E-state index contributed by atoms with van der Waals surface area (Å²) in [5.74, 6) is 0.891. The van der Waals surface area contributed by atoms with Crippen molar-refractivity contribution in [2.24, 2.45) is 0 Å². The van der Waals surface area contributed by atoms with Gasteiger partial charge in [0.05, 0.1) is 0 Å². The van der Waals surface area contributed by atoms with Gasteiger partial charge < -0.3 is 5.73 Å². The number of hydrogen-bond acceptors (Lipinski definition) is 3. The van der Waals surface area contributed by atoms with E-state index in [4.69, 9.17) is 5.73 Å². The van der Waals surface area contributed by atoms with Crippen LogP contribution in [0.15, 0.2) is 0 Å². The molecule has 2 N–H and O–H groups in total. The Bertz CT molecular complexity index is 284. The highest BCUT2D eigenvalue weighted by molar-refractivity contribution is 5.32. The summed E-state index contributed by atoms with van der Waals surface area (Å²) in [6.07, 6.45) is 1.11. The molecule has 0 saturated carbocycles. The number of nitrogens with two attached hydrogens (primary N) is 1. The number of aryl methyl sites for hydroxylation is 2. The van der Waals surface area contributed by atoms with Crippen LogP contribution in [0.4, 0.5) is 5.95 Å². The lowest BCUT2D eigenvalue weighted by atomic mass is 9.96. The summed E-state index contributed by atoms with van der Waals surface area (Å²) in [5.41, 5.74) is 8.82. The summed E-state index contributed by atoms with van der Waals surface area (Å²) in [5, 5.41) is 0. The maximum Gasteiger partial charge on any atom is 0.220 e. The molecule has 1 rings (SSSR count). The van der Waals surface area contributed by atoms with E-state index >= 15 is 0 Å². The number of hydrogen-bond donors (Lipinski definition) is 1. The first-order valence-corrected chi connectivity index (χ1v) is 4.66. The van der Waals surface area contributed by atoms with Crippen LogP contribution in [0.3, 0.4) is 0 Å². The van der Waals surface area contributed by atoms with Crippen LogP contribution >= 0.6 is 0 Å². The lowest BCUT2D eigenvalue weighted by molar-refractivity contribution is 0.709. The molecule has 1 aromatic rings. The number of anilines is 1. The number of aromatic nitrogens is 2. The minimum atomic E-state index is 0.377. The van der Waals surface area contributed by atoms with Gasteiger partial charge in [0, 0.05) is 11.4 Å². The van der Waals surface area contributed by atoms with Crippen molar-refractivity contribution in [3.05, 3.63) is 17.0 Å². The predicted molar refractivity (Wildman–Crippen MR) is 54.6 cm³/mol. The second-order valence-corrected chi connectivity index (χ2v) is 3.48. The summed E-state index contributed by atoms with van der Waals surface area (Å²) in [6.45, 7) is 8.34. The van der Waals surface area contributed by atoms with Crippen molar-refractivity contribution >= 4 is 5.95 Å². The minimum absolute atomic E-state index is 0.377. The summed E-state index contributed by atoms with van der Waals surface area (Å²) in [7, 11) is 0. The van der Waals surface area contributed by atoms with Crippen LogP contribution in [0.2, 0.25) is 0 Å². The van der Waals surface area contributed by atoms with Crippen molar-refractivity contribution in [2.45, 2.75) is 40.0 Å². The molecule has 0 saturated heterocycles. The van der Waals surface area contributed by atoms with Gasteiger partial charge in [-0.25, -0.2) is 9.97 Å². The highest BCUT2D eigenvalue weighted by atomic mass is 15.0. The smallest absolute Gasteiger partial charge is 0.220 e. The predicted octanol–water partition coefficient (Wildman–Crippen LogP) is 2.19. The molecule has 0 aliphatic carbocycles. The van der Waals surface area contributed by atoms with Gasteiger partial charge in [0.2, 0.25) is 5.95 Å². The van der Waals surface area contributed by atoms with Gasteiger partial charge in [-0.05, 0) is 31.7 Å². The van der Waals surface area contributed by atoms with E-state index in [2.05, 4.69) is 23.8 Å². The first-order chi connectivity index (χ1) is 6.06. The third kappa shape index (κ3) is 1.97. The maximum atomic E-state index is 5.55. The molecule has 0 fully saturated rings. The van der Waals surface area contributed by atoms with Gasteiger partial charge in [-0.1, -0.05) is 13.8 Å². The van der Waals surface area contributed by atoms with Crippen LogP contribution in [0, 0.1) is 13.8 Å². The Morgan fingerprint density at radius 2 is 1.69 bits per heavy atom. The van der Waals surface area contributed by atoms with Crippen molar-refractivity contribution in [3.63, 3.8) is 0 Å². The van der Waals surface area contributed by atoms with Crippen molar-refractivity contribution in [3.8, 4) is 0 Å². The second-order valence-electron chi connectivity index (χ2n) is 3.48. The van der Waals surface area contributed by atoms with Gasteiger partial charge in [-0.15, -0.1) is 0 Å². The maximum absolute atomic E-state index is 5.55. The van der Waals surface area contributed by atoms with E-state index in [0.717, 1.165) is 17.8 Å². The molecule has 3 heteroatoms. The van der Waals surface area contributed by atoms with Gasteiger partial charge >= 0.3 is 0 Å². The Morgan fingerprint density at radius 3 is 2.08 bits per heavy atom. The monoisotopic (exact) mass is 179 g/mol. The van der Waals surface area contributed by atoms with Gasteiger partial charge in [-0.2, -0.15) is 0 Å². The molecule has 0 spiro atoms. The molecule has 0 amide bonds. The topological polar surface area (TPSA) is 51.8 Å². The SMILES string of the molecule is CCC(C)c1c(C)nc(N)nc1C. The van der Waals surface area contributed by atoms with E-state index in [1.807, 2.05) is 13.8 Å². The molecule has 0 aliphatic heterocycles. The Labute approximate surface area is 79.4 Å². The standard InChI is InChI=1S/C10H17N3/c1-5-6(2)9-7(3)12-10(11)13-8(9)4/h6H,5H2,1-4H3,(H2,11,12,13). The largest absolute Gasteiger partial charge is 0.368 e.